The van der Waals surface area contributed by atoms with Crippen molar-refractivity contribution >= 4 is 17.4 Å². The van der Waals surface area contributed by atoms with Gasteiger partial charge >= 0.3 is 5.97 Å². The van der Waals surface area contributed by atoms with E-state index < -0.39 is 5.97 Å². The Labute approximate surface area is 123 Å². The van der Waals surface area contributed by atoms with Crippen LogP contribution in [0.15, 0.2) is 59.7 Å². The first kappa shape index (κ1) is 13.4. The fourth-order valence-electron chi connectivity index (χ4n) is 2.62. The Hall–Kier alpha value is -2.62. The summed E-state index contributed by atoms with van der Waals surface area (Å²) < 4.78 is 0. The lowest BCUT2D eigenvalue weighted by Crippen LogP contribution is -2.19. The van der Waals surface area contributed by atoms with Crippen molar-refractivity contribution in [2.24, 2.45) is 5.10 Å². The second-order valence-electron chi connectivity index (χ2n) is 5.11. The van der Waals surface area contributed by atoms with Gasteiger partial charge in [-0.3, -0.25) is 5.01 Å². The first-order valence-corrected chi connectivity index (χ1v) is 6.87. The first-order chi connectivity index (χ1) is 10.2. The van der Waals surface area contributed by atoms with Crippen molar-refractivity contribution in [3.8, 4) is 0 Å². The Morgan fingerprint density at radius 3 is 2.48 bits per heavy atom. The summed E-state index contributed by atoms with van der Waals surface area (Å²) >= 11 is 0. The fourth-order valence-corrected chi connectivity index (χ4v) is 2.62. The van der Waals surface area contributed by atoms with Gasteiger partial charge in [-0.25, -0.2) is 4.79 Å². The molecular weight excluding hydrogens is 264 g/mol. The number of hydrogen-bond donors (Lipinski definition) is 1. The predicted octanol–water partition coefficient (Wildman–Crippen LogP) is 3.39. The molecule has 3 rings (SSSR count). The maximum atomic E-state index is 11.3. The van der Waals surface area contributed by atoms with Gasteiger partial charge in [0.15, 0.2) is 0 Å². The van der Waals surface area contributed by atoms with Gasteiger partial charge in [0, 0.05) is 6.42 Å². The molecule has 21 heavy (non-hydrogen) atoms. The van der Waals surface area contributed by atoms with Gasteiger partial charge in [-0.15, -0.1) is 0 Å². The molecule has 2 aromatic carbocycles. The molecule has 0 aromatic heterocycles. The van der Waals surface area contributed by atoms with E-state index in [4.69, 9.17) is 0 Å². The van der Waals surface area contributed by atoms with E-state index in [0.29, 0.717) is 6.42 Å². The summed E-state index contributed by atoms with van der Waals surface area (Å²) in [6.45, 7) is 2.01. The number of aryl methyl sites for hydroxylation is 1. The molecule has 0 saturated carbocycles. The van der Waals surface area contributed by atoms with Crippen molar-refractivity contribution in [1.82, 2.24) is 0 Å². The van der Waals surface area contributed by atoms with Crippen molar-refractivity contribution < 1.29 is 9.90 Å². The molecule has 0 aliphatic carbocycles. The third-order valence-electron chi connectivity index (χ3n) is 3.70. The number of carbonyl (C=O) groups is 1. The zero-order valence-electron chi connectivity index (χ0n) is 11.7. The van der Waals surface area contributed by atoms with Crippen LogP contribution in [0.2, 0.25) is 0 Å². The molecule has 0 radical (unpaired) electrons. The summed E-state index contributed by atoms with van der Waals surface area (Å²) in [5.41, 5.74) is 3.30. The lowest BCUT2D eigenvalue weighted by atomic mass is 10.0. The highest BCUT2D eigenvalue weighted by Crippen LogP contribution is 2.36. The van der Waals surface area contributed by atoms with Gasteiger partial charge in [-0.1, -0.05) is 48.5 Å². The molecule has 1 aliphatic rings. The molecule has 0 fully saturated rings. The van der Waals surface area contributed by atoms with Gasteiger partial charge in [0.25, 0.3) is 0 Å². The SMILES string of the molecule is Cc1ccccc1N1N=C(C(=O)O)C[C@@H]1c1ccccc1. The van der Waals surface area contributed by atoms with E-state index in [0.717, 1.165) is 16.8 Å². The predicted molar refractivity (Wildman–Crippen MR) is 82.5 cm³/mol. The highest BCUT2D eigenvalue weighted by atomic mass is 16.4. The maximum Gasteiger partial charge on any atom is 0.352 e. The second-order valence-corrected chi connectivity index (χ2v) is 5.11. The minimum Gasteiger partial charge on any atom is -0.477 e. The Morgan fingerprint density at radius 1 is 1.14 bits per heavy atom. The highest BCUT2D eigenvalue weighted by molar-refractivity contribution is 6.36. The number of benzene rings is 2. The van der Waals surface area contributed by atoms with Crippen molar-refractivity contribution in [3.63, 3.8) is 0 Å². The normalized spacial score (nSPS) is 17.7. The Balaban J connectivity index is 2.05. The van der Waals surface area contributed by atoms with Crippen LogP contribution in [0.1, 0.15) is 23.6 Å². The van der Waals surface area contributed by atoms with Crippen molar-refractivity contribution in [2.45, 2.75) is 19.4 Å². The van der Waals surface area contributed by atoms with Gasteiger partial charge in [-0.05, 0) is 24.1 Å². The number of hydrogen-bond acceptors (Lipinski definition) is 3. The molecule has 0 unspecified atom stereocenters. The molecule has 1 heterocycles. The zero-order chi connectivity index (χ0) is 14.8. The largest absolute Gasteiger partial charge is 0.477 e. The van der Waals surface area contributed by atoms with Crippen LogP contribution in [-0.2, 0) is 4.79 Å². The highest BCUT2D eigenvalue weighted by Gasteiger charge is 2.32. The molecule has 4 heteroatoms. The fraction of sp³-hybridized carbons (Fsp3) is 0.176. The lowest BCUT2D eigenvalue weighted by Gasteiger charge is -2.25. The van der Waals surface area contributed by atoms with Gasteiger partial charge in [0.1, 0.15) is 5.71 Å². The average molecular weight is 280 g/mol. The Morgan fingerprint density at radius 2 is 1.81 bits per heavy atom. The summed E-state index contributed by atoms with van der Waals surface area (Å²) in [5.74, 6) is -0.952. The van der Waals surface area contributed by atoms with Crippen LogP contribution in [-0.4, -0.2) is 16.8 Å². The van der Waals surface area contributed by atoms with Crippen molar-refractivity contribution in [1.29, 1.82) is 0 Å². The Kier molecular flexibility index (Phi) is 3.44. The standard InChI is InChI=1S/C17H16N2O2/c1-12-7-5-6-10-15(12)19-16(11-14(18-19)17(20)21)13-8-3-2-4-9-13/h2-10,16H,11H2,1H3,(H,20,21)/t16-/m1/s1. The van der Waals surface area contributed by atoms with Crippen LogP contribution in [0.3, 0.4) is 0 Å². The third kappa shape index (κ3) is 2.52. The number of carboxylic acids is 1. The van der Waals surface area contributed by atoms with Gasteiger partial charge < -0.3 is 5.11 Å². The van der Waals surface area contributed by atoms with E-state index in [1.807, 2.05) is 66.5 Å². The molecule has 1 atom stereocenters. The molecule has 1 N–H and O–H groups in total. The van der Waals surface area contributed by atoms with Crippen LogP contribution in [0.4, 0.5) is 5.69 Å². The maximum absolute atomic E-state index is 11.3. The number of nitrogens with zero attached hydrogens (tertiary/aromatic N) is 2. The minimum atomic E-state index is -0.952. The van der Waals surface area contributed by atoms with E-state index in [2.05, 4.69) is 5.10 Å². The van der Waals surface area contributed by atoms with Gasteiger partial charge in [0.05, 0.1) is 11.7 Å². The molecule has 1 aliphatic heterocycles. The molecule has 2 aromatic rings. The van der Waals surface area contributed by atoms with Crippen LogP contribution < -0.4 is 5.01 Å². The lowest BCUT2D eigenvalue weighted by molar-refractivity contribution is -0.129. The molecular formula is C17H16N2O2. The number of aliphatic carboxylic acids is 1. The smallest absolute Gasteiger partial charge is 0.352 e. The monoisotopic (exact) mass is 280 g/mol. The van der Waals surface area contributed by atoms with Gasteiger partial charge in [0.2, 0.25) is 0 Å². The molecule has 4 nitrogen and oxygen atoms in total. The van der Waals surface area contributed by atoms with Crippen LogP contribution >= 0.6 is 0 Å². The van der Waals surface area contributed by atoms with E-state index >= 15 is 0 Å². The number of rotatable bonds is 3. The van der Waals surface area contributed by atoms with Crippen molar-refractivity contribution in [3.05, 3.63) is 65.7 Å². The second kappa shape index (κ2) is 5.40. The summed E-state index contributed by atoms with van der Waals surface area (Å²) in [7, 11) is 0. The first-order valence-electron chi connectivity index (χ1n) is 6.87. The van der Waals surface area contributed by atoms with E-state index in [1.165, 1.54) is 0 Å². The summed E-state index contributed by atoms with van der Waals surface area (Å²) in [6, 6.07) is 17.7. The minimum absolute atomic E-state index is 0.0709. The van der Waals surface area contributed by atoms with Gasteiger partial charge in [-0.2, -0.15) is 5.10 Å². The van der Waals surface area contributed by atoms with Crippen LogP contribution in [0.25, 0.3) is 0 Å². The van der Waals surface area contributed by atoms with Crippen LogP contribution in [0, 0.1) is 6.92 Å². The number of carboxylic acid groups (broad SMARTS) is 1. The Bertz CT molecular complexity index is 695. The van der Waals surface area contributed by atoms with Crippen molar-refractivity contribution in [2.75, 3.05) is 5.01 Å². The average Bonchev–Trinajstić information content (AvgIpc) is 2.94. The third-order valence-corrected chi connectivity index (χ3v) is 3.70. The molecule has 0 saturated heterocycles. The zero-order valence-corrected chi connectivity index (χ0v) is 11.7. The molecule has 0 amide bonds. The summed E-state index contributed by atoms with van der Waals surface area (Å²) in [4.78, 5) is 11.3. The number of hydrazone groups is 1. The number of anilines is 1. The topological polar surface area (TPSA) is 52.9 Å². The molecule has 106 valence electrons. The summed E-state index contributed by atoms with van der Waals surface area (Å²) in [5, 5.41) is 15.4. The van der Waals surface area contributed by atoms with E-state index in [9.17, 15) is 9.90 Å². The molecule has 0 spiro atoms. The number of para-hydroxylation sites is 1. The van der Waals surface area contributed by atoms with E-state index in [-0.39, 0.29) is 11.8 Å². The van der Waals surface area contributed by atoms with Crippen LogP contribution in [0.5, 0.6) is 0 Å². The summed E-state index contributed by atoms with van der Waals surface area (Å²) in [6.07, 6.45) is 0.410. The quantitative estimate of drug-likeness (QED) is 0.937. The molecule has 0 bridgehead atoms. The van der Waals surface area contributed by atoms with E-state index in [1.54, 1.807) is 0 Å².